The number of halogens is 1. The van der Waals surface area contributed by atoms with E-state index in [1.54, 1.807) is 19.2 Å². The highest BCUT2D eigenvalue weighted by Gasteiger charge is 2.07. The Hall–Kier alpha value is -1.90. The second kappa shape index (κ2) is 4.31. The molecule has 0 atom stereocenters. The number of nitrogens with zero attached hydrogens (tertiary/aromatic N) is 1. The Morgan fingerprint density at radius 3 is 2.38 bits per heavy atom. The lowest BCUT2D eigenvalue weighted by Gasteiger charge is -2.08. The molecule has 0 aliphatic carbocycles. The molecule has 0 fully saturated rings. The van der Waals surface area contributed by atoms with E-state index in [4.69, 9.17) is 4.74 Å². The van der Waals surface area contributed by atoms with Gasteiger partial charge in [0.15, 0.2) is 0 Å². The van der Waals surface area contributed by atoms with Gasteiger partial charge in [-0.3, -0.25) is 0 Å². The third kappa shape index (κ3) is 2.03. The van der Waals surface area contributed by atoms with Gasteiger partial charge < -0.3 is 4.74 Å². The molecule has 1 heterocycles. The number of benzene rings is 1. The molecule has 0 radical (unpaired) electrons. The average molecular weight is 217 g/mol. The number of aryl methyl sites for hydroxylation is 1. The number of hydrogen-bond donors (Lipinski definition) is 0. The first-order chi connectivity index (χ1) is 7.70. The molecule has 0 saturated carbocycles. The Bertz CT molecular complexity index is 494. The Balaban J connectivity index is 2.51. The molecule has 0 N–H and O–H groups in total. The molecule has 2 nitrogen and oxygen atoms in total. The van der Waals surface area contributed by atoms with E-state index in [2.05, 4.69) is 4.98 Å². The van der Waals surface area contributed by atoms with Crippen molar-refractivity contribution in [3.8, 4) is 17.0 Å². The van der Waals surface area contributed by atoms with Crippen LogP contribution in [0, 0.1) is 12.7 Å². The van der Waals surface area contributed by atoms with Crippen LogP contribution < -0.4 is 4.74 Å². The van der Waals surface area contributed by atoms with Crippen molar-refractivity contribution in [1.82, 2.24) is 4.98 Å². The minimum absolute atomic E-state index is 0.247. The van der Waals surface area contributed by atoms with E-state index in [9.17, 15) is 4.39 Å². The first-order valence-electron chi connectivity index (χ1n) is 4.98. The zero-order valence-corrected chi connectivity index (χ0v) is 9.20. The van der Waals surface area contributed by atoms with Crippen LogP contribution in [0.25, 0.3) is 11.1 Å². The van der Waals surface area contributed by atoms with Gasteiger partial charge in [0.05, 0.1) is 7.11 Å². The van der Waals surface area contributed by atoms with Crippen LogP contribution >= 0.6 is 0 Å². The summed E-state index contributed by atoms with van der Waals surface area (Å²) in [6.45, 7) is 1.90. The topological polar surface area (TPSA) is 22.1 Å². The maximum atomic E-state index is 12.8. The van der Waals surface area contributed by atoms with Crippen molar-refractivity contribution >= 4 is 0 Å². The molecule has 0 aliphatic heterocycles. The summed E-state index contributed by atoms with van der Waals surface area (Å²) in [7, 11) is 1.58. The third-order valence-corrected chi connectivity index (χ3v) is 2.35. The Kier molecular flexibility index (Phi) is 2.86. The Labute approximate surface area is 93.7 Å². The zero-order chi connectivity index (χ0) is 11.5. The molecular formula is C13H12FNO. The first-order valence-corrected chi connectivity index (χ1v) is 4.98. The van der Waals surface area contributed by atoms with Gasteiger partial charge in [-0.25, -0.2) is 9.37 Å². The predicted molar refractivity (Wildman–Crippen MR) is 60.9 cm³/mol. The van der Waals surface area contributed by atoms with Gasteiger partial charge in [0.1, 0.15) is 5.82 Å². The van der Waals surface area contributed by atoms with E-state index in [0.29, 0.717) is 5.88 Å². The highest BCUT2D eigenvalue weighted by Crippen LogP contribution is 2.28. The third-order valence-electron chi connectivity index (χ3n) is 2.35. The SMILES string of the molecule is COc1nc(C)ccc1-c1ccc(F)cc1. The van der Waals surface area contributed by atoms with E-state index in [1.807, 2.05) is 19.1 Å². The summed E-state index contributed by atoms with van der Waals surface area (Å²) in [5.41, 5.74) is 2.65. The molecule has 0 unspecified atom stereocenters. The van der Waals surface area contributed by atoms with Gasteiger partial charge >= 0.3 is 0 Å². The highest BCUT2D eigenvalue weighted by molar-refractivity contribution is 5.68. The van der Waals surface area contributed by atoms with Crippen molar-refractivity contribution in [3.63, 3.8) is 0 Å². The highest BCUT2D eigenvalue weighted by atomic mass is 19.1. The lowest BCUT2D eigenvalue weighted by atomic mass is 10.1. The molecule has 0 aliphatic rings. The molecule has 16 heavy (non-hydrogen) atoms. The standard InChI is InChI=1S/C13H12FNO/c1-9-3-8-12(13(15-9)16-2)10-4-6-11(14)7-5-10/h3-8H,1-2H3. The fourth-order valence-electron chi connectivity index (χ4n) is 1.54. The summed E-state index contributed by atoms with van der Waals surface area (Å²) in [6.07, 6.45) is 0. The van der Waals surface area contributed by atoms with Crippen molar-refractivity contribution in [3.05, 3.63) is 47.9 Å². The van der Waals surface area contributed by atoms with Gasteiger partial charge in [0.2, 0.25) is 5.88 Å². The van der Waals surface area contributed by atoms with Crippen LogP contribution in [0.3, 0.4) is 0 Å². The predicted octanol–water partition coefficient (Wildman–Crippen LogP) is 3.20. The molecule has 1 aromatic carbocycles. The molecule has 1 aromatic heterocycles. The van der Waals surface area contributed by atoms with Crippen molar-refractivity contribution < 1.29 is 9.13 Å². The molecule has 2 rings (SSSR count). The van der Waals surface area contributed by atoms with Crippen molar-refractivity contribution in [2.24, 2.45) is 0 Å². The van der Waals surface area contributed by atoms with Crippen LogP contribution in [-0.2, 0) is 0 Å². The maximum absolute atomic E-state index is 12.8. The van der Waals surface area contributed by atoms with E-state index in [1.165, 1.54) is 12.1 Å². The van der Waals surface area contributed by atoms with Crippen molar-refractivity contribution in [2.75, 3.05) is 7.11 Å². The lowest BCUT2D eigenvalue weighted by molar-refractivity contribution is 0.398. The smallest absolute Gasteiger partial charge is 0.221 e. The van der Waals surface area contributed by atoms with Crippen LogP contribution in [0.5, 0.6) is 5.88 Å². The number of aromatic nitrogens is 1. The number of methoxy groups -OCH3 is 1. The number of hydrogen-bond acceptors (Lipinski definition) is 2. The summed E-state index contributed by atoms with van der Waals surface area (Å²) < 4.78 is 18.0. The average Bonchev–Trinajstić information content (AvgIpc) is 2.30. The molecule has 3 heteroatoms. The van der Waals surface area contributed by atoms with Crippen LogP contribution in [0.1, 0.15) is 5.69 Å². The summed E-state index contributed by atoms with van der Waals surface area (Å²) in [6, 6.07) is 10.1. The number of ether oxygens (including phenoxy) is 1. The van der Waals surface area contributed by atoms with E-state index in [0.717, 1.165) is 16.8 Å². The summed E-state index contributed by atoms with van der Waals surface area (Å²) in [5, 5.41) is 0. The second-order valence-corrected chi connectivity index (χ2v) is 3.52. The molecular weight excluding hydrogens is 205 g/mol. The van der Waals surface area contributed by atoms with Gasteiger partial charge in [-0.05, 0) is 36.8 Å². The molecule has 2 aromatic rings. The van der Waals surface area contributed by atoms with Gasteiger partial charge in [-0.2, -0.15) is 0 Å². The van der Waals surface area contributed by atoms with Gasteiger partial charge in [0.25, 0.3) is 0 Å². The van der Waals surface area contributed by atoms with Crippen molar-refractivity contribution in [1.29, 1.82) is 0 Å². The maximum Gasteiger partial charge on any atom is 0.221 e. The fourth-order valence-corrected chi connectivity index (χ4v) is 1.54. The minimum Gasteiger partial charge on any atom is -0.481 e. The quantitative estimate of drug-likeness (QED) is 0.770. The second-order valence-electron chi connectivity index (χ2n) is 3.52. The van der Waals surface area contributed by atoms with E-state index in [-0.39, 0.29) is 5.82 Å². The lowest BCUT2D eigenvalue weighted by Crippen LogP contribution is -1.93. The van der Waals surface area contributed by atoms with Crippen LogP contribution in [0.2, 0.25) is 0 Å². The van der Waals surface area contributed by atoms with E-state index >= 15 is 0 Å². The van der Waals surface area contributed by atoms with Gasteiger partial charge in [-0.15, -0.1) is 0 Å². The van der Waals surface area contributed by atoms with Crippen LogP contribution in [-0.4, -0.2) is 12.1 Å². The van der Waals surface area contributed by atoms with Crippen molar-refractivity contribution in [2.45, 2.75) is 6.92 Å². The Morgan fingerprint density at radius 2 is 1.75 bits per heavy atom. The Morgan fingerprint density at radius 1 is 1.06 bits per heavy atom. The number of rotatable bonds is 2. The summed E-state index contributed by atoms with van der Waals surface area (Å²) >= 11 is 0. The summed E-state index contributed by atoms with van der Waals surface area (Å²) in [5.74, 6) is 0.314. The van der Waals surface area contributed by atoms with E-state index < -0.39 is 0 Å². The van der Waals surface area contributed by atoms with Gasteiger partial charge in [0, 0.05) is 11.3 Å². The summed E-state index contributed by atoms with van der Waals surface area (Å²) in [4.78, 5) is 4.27. The molecule has 0 bridgehead atoms. The molecule has 82 valence electrons. The monoisotopic (exact) mass is 217 g/mol. The number of pyridine rings is 1. The zero-order valence-electron chi connectivity index (χ0n) is 9.20. The molecule has 0 amide bonds. The first kappa shape index (κ1) is 10.6. The fraction of sp³-hybridized carbons (Fsp3) is 0.154. The molecule has 0 spiro atoms. The molecule has 0 saturated heterocycles. The van der Waals surface area contributed by atoms with Gasteiger partial charge in [-0.1, -0.05) is 12.1 Å². The minimum atomic E-state index is -0.247. The van der Waals surface area contributed by atoms with Crippen LogP contribution in [0.15, 0.2) is 36.4 Å². The van der Waals surface area contributed by atoms with Crippen LogP contribution in [0.4, 0.5) is 4.39 Å². The normalized spacial score (nSPS) is 10.2. The largest absolute Gasteiger partial charge is 0.481 e.